The number of ether oxygens (including phenoxy) is 1. The lowest BCUT2D eigenvalue weighted by Gasteiger charge is -2.04. The number of aromatic nitrogens is 1. The van der Waals surface area contributed by atoms with Gasteiger partial charge in [0.05, 0.1) is 22.2 Å². The predicted octanol–water partition coefficient (Wildman–Crippen LogP) is 2.44. The number of carbonyl (C=O) groups is 1. The van der Waals surface area contributed by atoms with Crippen LogP contribution in [0.15, 0.2) is 51.8 Å². The van der Waals surface area contributed by atoms with E-state index in [0.717, 1.165) is 35.6 Å². The number of benzene rings is 2. The summed E-state index contributed by atoms with van der Waals surface area (Å²) in [6, 6.07) is 8.03. The second-order valence-electron chi connectivity index (χ2n) is 5.18. The van der Waals surface area contributed by atoms with Gasteiger partial charge in [-0.05, 0) is 42.5 Å². The van der Waals surface area contributed by atoms with Crippen LogP contribution < -0.4 is 4.80 Å². The molecular weight excluding hydrogens is 386 g/mol. The Kier molecular flexibility index (Phi) is 4.88. The van der Waals surface area contributed by atoms with Crippen LogP contribution in [0.1, 0.15) is 0 Å². The molecule has 0 aliphatic rings. The third-order valence-electron chi connectivity index (χ3n) is 3.47. The maximum atomic E-state index is 13.5. The fourth-order valence-electron chi connectivity index (χ4n) is 2.23. The van der Waals surface area contributed by atoms with E-state index in [1.807, 2.05) is 0 Å². The molecule has 0 radical (unpaired) electrons. The number of sulfonamides is 1. The van der Waals surface area contributed by atoms with Gasteiger partial charge in [0.2, 0.25) is 4.80 Å². The van der Waals surface area contributed by atoms with Crippen LogP contribution in [0.3, 0.4) is 0 Å². The van der Waals surface area contributed by atoms with Crippen LogP contribution in [0.2, 0.25) is 0 Å². The van der Waals surface area contributed by atoms with Gasteiger partial charge in [0.1, 0.15) is 18.2 Å². The van der Waals surface area contributed by atoms with Gasteiger partial charge in [-0.15, -0.1) is 4.40 Å². The van der Waals surface area contributed by atoms with Gasteiger partial charge in [-0.1, -0.05) is 11.3 Å². The van der Waals surface area contributed by atoms with Crippen LogP contribution in [0, 0.1) is 11.6 Å². The van der Waals surface area contributed by atoms with E-state index in [2.05, 4.69) is 9.13 Å². The highest BCUT2D eigenvalue weighted by Gasteiger charge is 2.16. The highest BCUT2D eigenvalue weighted by atomic mass is 32.2. The Hall–Kier alpha value is -2.59. The molecule has 136 valence electrons. The molecule has 0 atom stereocenters. The maximum absolute atomic E-state index is 13.5. The molecular formula is C16H12F2N2O4S2. The van der Waals surface area contributed by atoms with Gasteiger partial charge in [-0.3, -0.25) is 4.79 Å². The first-order valence-corrected chi connectivity index (χ1v) is 9.48. The Morgan fingerprint density at radius 2 is 1.81 bits per heavy atom. The third kappa shape index (κ3) is 3.65. The Labute approximate surface area is 151 Å². The SMILES string of the molecule is COC(=O)Cn1/c(=N/S(=O)(=O)c2ccc(F)cc2)sc2cc(F)ccc21. The summed E-state index contributed by atoms with van der Waals surface area (Å²) >= 11 is 0.911. The number of rotatable bonds is 4. The van der Waals surface area contributed by atoms with Crippen LogP contribution >= 0.6 is 11.3 Å². The average molecular weight is 398 g/mol. The number of thiazole rings is 1. The molecule has 0 aliphatic heterocycles. The summed E-state index contributed by atoms with van der Waals surface area (Å²) in [5.41, 5.74) is 0.440. The lowest BCUT2D eigenvalue weighted by atomic mass is 10.3. The first-order chi connectivity index (χ1) is 12.3. The first kappa shape index (κ1) is 18.2. The highest BCUT2D eigenvalue weighted by Crippen LogP contribution is 2.20. The number of halogens is 2. The number of hydrogen-bond acceptors (Lipinski definition) is 5. The number of methoxy groups -OCH3 is 1. The first-order valence-electron chi connectivity index (χ1n) is 7.22. The second-order valence-corrected chi connectivity index (χ2v) is 7.79. The average Bonchev–Trinajstić information content (AvgIpc) is 2.90. The van der Waals surface area contributed by atoms with E-state index in [4.69, 9.17) is 0 Å². The minimum atomic E-state index is -4.15. The summed E-state index contributed by atoms with van der Waals surface area (Å²) in [4.78, 5) is 11.4. The van der Waals surface area contributed by atoms with Crippen LogP contribution in [0.4, 0.5) is 8.78 Å². The highest BCUT2D eigenvalue weighted by molar-refractivity contribution is 7.90. The predicted molar refractivity (Wildman–Crippen MR) is 90.9 cm³/mol. The maximum Gasteiger partial charge on any atom is 0.325 e. The Morgan fingerprint density at radius 3 is 2.46 bits per heavy atom. The van der Waals surface area contributed by atoms with Crippen molar-refractivity contribution >= 4 is 37.5 Å². The van der Waals surface area contributed by atoms with Crippen LogP contribution in [0.5, 0.6) is 0 Å². The molecule has 1 heterocycles. The molecule has 6 nitrogen and oxygen atoms in total. The van der Waals surface area contributed by atoms with Crippen molar-refractivity contribution in [1.29, 1.82) is 0 Å². The smallest absolute Gasteiger partial charge is 0.325 e. The molecule has 26 heavy (non-hydrogen) atoms. The van der Waals surface area contributed by atoms with Gasteiger partial charge in [0, 0.05) is 0 Å². The molecule has 1 aromatic heterocycles. The summed E-state index contributed by atoms with van der Waals surface area (Å²) in [6.07, 6.45) is 0. The zero-order chi connectivity index (χ0) is 18.9. The van der Waals surface area contributed by atoms with Crippen LogP contribution in [-0.4, -0.2) is 26.1 Å². The van der Waals surface area contributed by atoms with E-state index in [1.54, 1.807) is 0 Å². The van der Waals surface area contributed by atoms with Gasteiger partial charge in [-0.25, -0.2) is 8.78 Å². The van der Waals surface area contributed by atoms with Crippen molar-refractivity contribution in [2.75, 3.05) is 7.11 Å². The normalized spacial score (nSPS) is 12.5. The van der Waals surface area contributed by atoms with E-state index in [0.29, 0.717) is 10.2 Å². The fourth-order valence-corrected chi connectivity index (χ4v) is 4.48. The van der Waals surface area contributed by atoms with Crippen molar-refractivity contribution in [3.05, 3.63) is 58.9 Å². The van der Waals surface area contributed by atoms with E-state index in [1.165, 1.54) is 29.9 Å². The molecule has 2 aromatic carbocycles. The summed E-state index contributed by atoms with van der Waals surface area (Å²) in [5, 5.41) is 0. The van der Waals surface area contributed by atoms with E-state index in [9.17, 15) is 22.0 Å². The van der Waals surface area contributed by atoms with E-state index < -0.39 is 27.6 Å². The van der Waals surface area contributed by atoms with Crippen LogP contribution in [-0.2, 0) is 26.1 Å². The minimum absolute atomic E-state index is 0.0275. The number of fused-ring (bicyclic) bond motifs is 1. The minimum Gasteiger partial charge on any atom is -0.468 e. The van der Waals surface area contributed by atoms with Crippen LogP contribution in [0.25, 0.3) is 10.2 Å². The quantitative estimate of drug-likeness (QED) is 0.633. The molecule has 0 saturated heterocycles. The molecule has 0 saturated carbocycles. The molecule has 3 rings (SSSR count). The summed E-state index contributed by atoms with van der Waals surface area (Å²) in [5.74, 6) is -1.70. The molecule has 0 spiro atoms. The molecule has 3 aromatic rings. The van der Waals surface area contributed by atoms with Crippen molar-refractivity contribution in [3.8, 4) is 0 Å². The second kappa shape index (κ2) is 6.96. The standard InChI is InChI=1S/C16H12F2N2O4S2/c1-24-15(21)9-20-13-7-4-11(18)8-14(13)25-16(20)19-26(22,23)12-5-2-10(17)3-6-12/h2-8H,9H2,1H3/b19-16-. The van der Waals surface area contributed by atoms with E-state index in [-0.39, 0.29) is 16.2 Å². The topological polar surface area (TPSA) is 77.7 Å². The van der Waals surface area contributed by atoms with Gasteiger partial charge in [0.25, 0.3) is 10.0 Å². The lowest BCUT2D eigenvalue weighted by Crippen LogP contribution is -2.22. The van der Waals surface area contributed by atoms with Crippen molar-refractivity contribution in [2.45, 2.75) is 11.4 Å². The molecule has 0 amide bonds. The molecule has 0 bridgehead atoms. The third-order valence-corrected chi connectivity index (χ3v) is 5.91. The Bertz CT molecular complexity index is 1150. The summed E-state index contributed by atoms with van der Waals surface area (Å²) in [6.45, 7) is -0.292. The van der Waals surface area contributed by atoms with Gasteiger partial charge in [0.15, 0.2) is 0 Å². The molecule has 0 fully saturated rings. The number of nitrogens with zero attached hydrogens (tertiary/aromatic N) is 2. The van der Waals surface area contributed by atoms with Crippen molar-refractivity contribution in [2.24, 2.45) is 4.40 Å². The number of hydrogen-bond donors (Lipinski definition) is 0. The number of esters is 1. The molecule has 10 heteroatoms. The van der Waals surface area contributed by atoms with Crippen molar-refractivity contribution in [1.82, 2.24) is 4.57 Å². The monoisotopic (exact) mass is 398 g/mol. The summed E-state index contributed by atoms with van der Waals surface area (Å²) in [7, 11) is -2.95. The van der Waals surface area contributed by atoms with Crippen molar-refractivity contribution < 1.29 is 26.7 Å². The van der Waals surface area contributed by atoms with Gasteiger partial charge >= 0.3 is 5.97 Å². The molecule has 0 N–H and O–H groups in total. The Morgan fingerprint density at radius 1 is 1.15 bits per heavy atom. The largest absolute Gasteiger partial charge is 0.468 e. The van der Waals surface area contributed by atoms with Gasteiger partial charge in [-0.2, -0.15) is 8.42 Å². The Balaban J connectivity index is 2.22. The fraction of sp³-hybridized carbons (Fsp3) is 0.125. The summed E-state index contributed by atoms with van der Waals surface area (Å²) < 4.78 is 61.5. The van der Waals surface area contributed by atoms with Gasteiger partial charge < -0.3 is 9.30 Å². The zero-order valence-electron chi connectivity index (χ0n) is 13.3. The number of carbonyl (C=O) groups excluding carboxylic acids is 1. The van der Waals surface area contributed by atoms with Crippen molar-refractivity contribution in [3.63, 3.8) is 0 Å². The van der Waals surface area contributed by atoms with E-state index >= 15 is 0 Å². The zero-order valence-corrected chi connectivity index (χ0v) is 15.0. The molecule has 0 aliphatic carbocycles. The molecule has 0 unspecified atom stereocenters. The lowest BCUT2D eigenvalue weighted by molar-refractivity contribution is -0.141.